The van der Waals surface area contributed by atoms with Gasteiger partial charge in [0.15, 0.2) is 0 Å². The first-order valence-corrected chi connectivity index (χ1v) is 23.9. The molecule has 0 fully saturated rings. The minimum absolute atomic E-state index is 0.225. The van der Waals surface area contributed by atoms with E-state index in [1.807, 2.05) is 11.8 Å². The lowest BCUT2D eigenvalue weighted by molar-refractivity contribution is -0.00616. The molecule has 0 saturated heterocycles. The molecule has 294 valence electrons. The summed E-state index contributed by atoms with van der Waals surface area (Å²) >= 11 is 1.91. The summed E-state index contributed by atoms with van der Waals surface area (Å²) < 4.78 is 12.5. The quantitative estimate of drug-likeness (QED) is 0.0587. The standard InChI is InChI=1S/C46H92O2S/c1-4-7-10-13-15-17-19-21-23-25-27-29-31-33-35-38-41-47-44-46(45-49-43-40-37-12-9-6-3)48-42-39-36-34-32-30-28-26-24-22-20-18-16-14-11-8-5-2/h40,43,46H,4-39,41-42,44-45H2,1-3H3. The molecule has 0 aliphatic rings. The molecule has 0 bridgehead atoms. The second-order valence-electron chi connectivity index (χ2n) is 15.4. The van der Waals surface area contributed by atoms with Crippen molar-refractivity contribution in [2.24, 2.45) is 0 Å². The first kappa shape index (κ1) is 49.0. The van der Waals surface area contributed by atoms with Crippen molar-refractivity contribution >= 4 is 11.8 Å². The van der Waals surface area contributed by atoms with Gasteiger partial charge in [-0.3, -0.25) is 0 Å². The molecule has 0 amide bonds. The molecule has 3 heteroatoms. The lowest BCUT2D eigenvalue weighted by Gasteiger charge is -2.17. The Morgan fingerprint density at radius 1 is 0.388 bits per heavy atom. The fourth-order valence-electron chi connectivity index (χ4n) is 6.82. The zero-order chi connectivity index (χ0) is 35.4. The summed E-state index contributed by atoms with van der Waals surface area (Å²) in [6.07, 6.45) is 53.0. The summed E-state index contributed by atoms with van der Waals surface area (Å²) in [4.78, 5) is 0. The monoisotopic (exact) mass is 709 g/mol. The van der Waals surface area contributed by atoms with Gasteiger partial charge >= 0.3 is 0 Å². The van der Waals surface area contributed by atoms with E-state index in [1.165, 1.54) is 231 Å². The molecule has 0 spiro atoms. The van der Waals surface area contributed by atoms with Crippen LogP contribution in [0, 0.1) is 0 Å². The molecule has 0 aromatic carbocycles. The van der Waals surface area contributed by atoms with Gasteiger partial charge in [-0.2, -0.15) is 0 Å². The molecule has 0 rings (SSSR count). The van der Waals surface area contributed by atoms with E-state index in [2.05, 4.69) is 32.3 Å². The molecule has 1 unspecified atom stereocenters. The Hall–Kier alpha value is 0.01000. The highest BCUT2D eigenvalue weighted by molar-refractivity contribution is 8.02. The van der Waals surface area contributed by atoms with Crippen molar-refractivity contribution in [3.63, 3.8) is 0 Å². The van der Waals surface area contributed by atoms with E-state index in [0.717, 1.165) is 25.6 Å². The van der Waals surface area contributed by atoms with Crippen LogP contribution in [0.1, 0.15) is 252 Å². The van der Waals surface area contributed by atoms with Crippen molar-refractivity contribution in [1.82, 2.24) is 0 Å². The summed E-state index contributed by atoms with van der Waals surface area (Å²) in [6.45, 7) is 9.44. The highest BCUT2D eigenvalue weighted by Gasteiger charge is 2.09. The van der Waals surface area contributed by atoms with Gasteiger partial charge in [-0.1, -0.05) is 232 Å². The minimum Gasteiger partial charge on any atom is -0.379 e. The number of unbranched alkanes of at least 4 members (excludes halogenated alkanes) is 33. The second-order valence-corrected chi connectivity index (χ2v) is 16.3. The summed E-state index contributed by atoms with van der Waals surface area (Å²) in [5, 5.41) is 2.30. The zero-order valence-electron chi connectivity index (χ0n) is 34.2. The maximum absolute atomic E-state index is 6.36. The topological polar surface area (TPSA) is 18.5 Å². The Morgan fingerprint density at radius 2 is 0.714 bits per heavy atom. The van der Waals surface area contributed by atoms with Crippen molar-refractivity contribution in [1.29, 1.82) is 0 Å². The molecule has 0 aromatic rings. The van der Waals surface area contributed by atoms with Gasteiger partial charge in [0, 0.05) is 19.0 Å². The van der Waals surface area contributed by atoms with Crippen LogP contribution in [0.25, 0.3) is 0 Å². The Balaban J connectivity index is 3.77. The molecular weight excluding hydrogens is 617 g/mol. The zero-order valence-corrected chi connectivity index (χ0v) is 35.1. The van der Waals surface area contributed by atoms with E-state index in [4.69, 9.17) is 9.47 Å². The van der Waals surface area contributed by atoms with Gasteiger partial charge in [0.05, 0.1) is 12.7 Å². The Bertz CT molecular complexity index is 594. The maximum atomic E-state index is 6.36. The van der Waals surface area contributed by atoms with E-state index >= 15 is 0 Å². The molecule has 0 heterocycles. The summed E-state index contributed by atoms with van der Waals surface area (Å²) in [7, 11) is 0. The van der Waals surface area contributed by atoms with Crippen LogP contribution in [0.4, 0.5) is 0 Å². The van der Waals surface area contributed by atoms with Crippen LogP contribution in [-0.2, 0) is 9.47 Å². The average Bonchev–Trinajstić information content (AvgIpc) is 3.11. The van der Waals surface area contributed by atoms with Crippen molar-refractivity contribution in [2.75, 3.05) is 25.6 Å². The highest BCUT2D eigenvalue weighted by Crippen LogP contribution is 2.16. The molecule has 2 nitrogen and oxygen atoms in total. The van der Waals surface area contributed by atoms with Gasteiger partial charge in [0.2, 0.25) is 0 Å². The van der Waals surface area contributed by atoms with Crippen LogP contribution in [0.2, 0.25) is 0 Å². The number of hydrogen-bond donors (Lipinski definition) is 0. The van der Waals surface area contributed by atoms with E-state index in [9.17, 15) is 0 Å². The summed E-state index contributed by atoms with van der Waals surface area (Å²) in [5.41, 5.74) is 0. The highest BCUT2D eigenvalue weighted by atomic mass is 32.2. The maximum Gasteiger partial charge on any atom is 0.0901 e. The van der Waals surface area contributed by atoms with Gasteiger partial charge in [-0.25, -0.2) is 0 Å². The Morgan fingerprint density at radius 3 is 1.10 bits per heavy atom. The third-order valence-electron chi connectivity index (χ3n) is 10.2. The smallest absolute Gasteiger partial charge is 0.0901 e. The predicted octanol–water partition coefficient (Wildman–Crippen LogP) is 16.7. The van der Waals surface area contributed by atoms with Crippen LogP contribution >= 0.6 is 11.8 Å². The van der Waals surface area contributed by atoms with Crippen molar-refractivity contribution in [3.05, 3.63) is 11.5 Å². The van der Waals surface area contributed by atoms with E-state index in [0.29, 0.717) is 0 Å². The number of rotatable bonds is 44. The molecule has 1 atom stereocenters. The van der Waals surface area contributed by atoms with E-state index in [1.54, 1.807) is 0 Å². The van der Waals surface area contributed by atoms with Crippen molar-refractivity contribution in [3.8, 4) is 0 Å². The SMILES string of the molecule is CCCCCC=CSCC(COCCCCCCCCCCCCCCCCCC)OCCCCCCCCCCCCCCCCCC. The second kappa shape index (κ2) is 46.0. The van der Waals surface area contributed by atoms with Crippen LogP contribution in [0.5, 0.6) is 0 Å². The number of ether oxygens (including phenoxy) is 2. The predicted molar refractivity (Wildman–Crippen MR) is 225 cm³/mol. The normalized spacial score (nSPS) is 12.5. The van der Waals surface area contributed by atoms with Crippen molar-refractivity contribution in [2.45, 2.75) is 258 Å². The van der Waals surface area contributed by atoms with Crippen LogP contribution in [-0.4, -0.2) is 31.7 Å². The Labute approximate surface area is 315 Å². The number of thioether (sulfide) groups is 1. The first-order chi connectivity index (χ1) is 24.3. The summed E-state index contributed by atoms with van der Waals surface area (Å²) in [6, 6.07) is 0. The van der Waals surface area contributed by atoms with Crippen LogP contribution in [0.15, 0.2) is 11.5 Å². The first-order valence-electron chi connectivity index (χ1n) is 22.8. The molecule has 0 radical (unpaired) electrons. The number of hydrogen-bond acceptors (Lipinski definition) is 3. The van der Waals surface area contributed by atoms with Gasteiger partial charge in [-0.15, -0.1) is 11.8 Å². The van der Waals surface area contributed by atoms with Crippen LogP contribution < -0.4 is 0 Å². The Kier molecular flexibility index (Phi) is 46.0. The number of allylic oxidation sites excluding steroid dienone is 1. The lowest BCUT2D eigenvalue weighted by atomic mass is 10.0. The van der Waals surface area contributed by atoms with Crippen LogP contribution in [0.3, 0.4) is 0 Å². The molecule has 49 heavy (non-hydrogen) atoms. The largest absolute Gasteiger partial charge is 0.379 e. The molecule has 0 aliphatic heterocycles. The molecule has 0 N–H and O–H groups in total. The average molecular weight is 709 g/mol. The third kappa shape index (κ3) is 44.1. The molecular formula is C46H92O2S. The van der Waals surface area contributed by atoms with Gasteiger partial charge in [0.25, 0.3) is 0 Å². The molecule has 0 saturated carbocycles. The fourth-order valence-corrected chi connectivity index (χ4v) is 7.61. The van der Waals surface area contributed by atoms with Gasteiger partial charge < -0.3 is 9.47 Å². The minimum atomic E-state index is 0.225. The van der Waals surface area contributed by atoms with Gasteiger partial charge in [-0.05, 0) is 31.1 Å². The van der Waals surface area contributed by atoms with Gasteiger partial charge in [0.1, 0.15) is 0 Å². The van der Waals surface area contributed by atoms with E-state index < -0.39 is 0 Å². The summed E-state index contributed by atoms with van der Waals surface area (Å²) in [5.74, 6) is 1.02. The third-order valence-corrected chi connectivity index (χ3v) is 11.2. The molecule has 0 aliphatic carbocycles. The fraction of sp³-hybridized carbons (Fsp3) is 0.957. The van der Waals surface area contributed by atoms with E-state index in [-0.39, 0.29) is 6.10 Å². The van der Waals surface area contributed by atoms with Crippen molar-refractivity contribution < 1.29 is 9.47 Å². The lowest BCUT2D eigenvalue weighted by Crippen LogP contribution is -2.23. The molecule has 0 aromatic heterocycles.